The molecule has 0 atom stereocenters. The van der Waals surface area contributed by atoms with Gasteiger partial charge in [-0.3, -0.25) is 4.79 Å². The van der Waals surface area contributed by atoms with Crippen LogP contribution in [0.1, 0.15) is 31.0 Å². The second-order valence-corrected chi connectivity index (χ2v) is 3.77. The highest BCUT2D eigenvalue weighted by Gasteiger charge is 2.29. The van der Waals surface area contributed by atoms with Crippen molar-refractivity contribution in [2.45, 2.75) is 25.2 Å². The molecule has 6 heteroatoms. The van der Waals surface area contributed by atoms with Gasteiger partial charge in [-0.15, -0.1) is 0 Å². The van der Waals surface area contributed by atoms with Gasteiger partial charge in [-0.05, 0) is 12.8 Å². The van der Waals surface area contributed by atoms with Crippen molar-refractivity contribution in [1.82, 2.24) is 10.1 Å². The molecule has 1 N–H and O–H groups in total. The summed E-state index contributed by atoms with van der Waals surface area (Å²) in [5.41, 5.74) is 0. The summed E-state index contributed by atoms with van der Waals surface area (Å²) in [7, 11) is 1.74. The van der Waals surface area contributed by atoms with E-state index in [4.69, 9.17) is 9.63 Å². The molecule has 82 valence electrons. The van der Waals surface area contributed by atoms with Crippen LogP contribution in [0.2, 0.25) is 0 Å². The first-order valence-corrected chi connectivity index (χ1v) is 4.93. The number of hydrogen-bond acceptors (Lipinski definition) is 5. The average Bonchev–Trinajstić information content (AvgIpc) is 2.93. The number of hydrogen-bond donors (Lipinski definition) is 1. The zero-order valence-corrected chi connectivity index (χ0v) is 8.51. The molecule has 15 heavy (non-hydrogen) atoms. The summed E-state index contributed by atoms with van der Waals surface area (Å²) in [6.07, 6.45) is 2.31. The van der Waals surface area contributed by atoms with Crippen molar-refractivity contribution in [3.63, 3.8) is 0 Å². The molecule has 1 aromatic rings. The number of nitrogens with zero attached hydrogens (tertiary/aromatic N) is 3. The number of anilines is 1. The molecule has 6 nitrogen and oxygen atoms in total. The number of rotatable bonds is 5. The molecule has 1 aliphatic carbocycles. The van der Waals surface area contributed by atoms with E-state index in [2.05, 4.69) is 10.1 Å². The van der Waals surface area contributed by atoms with Gasteiger partial charge in [0.2, 0.25) is 0 Å². The predicted octanol–water partition coefficient (Wildman–Crippen LogP) is 0.858. The van der Waals surface area contributed by atoms with Gasteiger partial charge < -0.3 is 14.5 Å². The van der Waals surface area contributed by atoms with E-state index < -0.39 is 5.97 Å². The van der Waals surface area contributed by atoms with Crippen LogP contribution < -0.4 is 4.90 Å². The maximum atomic E-state index is 10.4. The number of carbonyl (C=O) groups is 1. The molecule has 0 unspecified atom stereocenters. The van der Waals surface area contributed by atoms with E-state index in [0.29, 0.717) is 18.5 Å². The number of aromatic nitrogens is 2. The van der Waals surface area contributed by atoms with E-state index in [1.165, 1.54) is 0 Å². The Morgan fingerprint density at radius 3 is 3.00 bits per heavy atom. The standard InChI is InChI=1S/C9H13N3O3/c1-12(5-4-7(13)14)9-10-8(11-15-9)6-2-3-6/h6H,2-5H2,1H3,(H,13,14). The Bertz CT molecular complexity index is 359. The molecule has 0 aliphatic heterocycles. The van der Waals surface area contributed by atoms with Gasteiger partial charge in [0.25, 0.3) is 0 Å². The molecule has 1 fully saturated rings. The minimum atomic E-state index is -0.830. The van der Waals surface area contributed by atoms with Crippen LogP contribution in [0.15, 0.2) is 4.52 Å². The highest BCUT2D eigenvalue weighted by molar-refractivity contribution is 5.67. The van der Waals surface area contributed by atoms with Gasteiger partial charge in [0.05, 0.1) is 6.42 Å². The summed E-state index contributed by atoms with van der Waals surface area (Å²) >= 11 is 0. The first-order chi connectivity index (χ1) is 7.16. The molecule has 1 aliphatic rings. The van der Waals surface area contributed by atoms with Crippen LogP contribution in [0.5, 0.6) is 0 Å². The quantitative estimate of drug-likeness (QED) is 0.778. The lowest BCUT2D eigenvalue weighted by molar-refractivity contribution is -0.136. The molecular weight excluding hydrogens is 198 g/mol. The van der Waals surface area contributed by atoms with Crippen molar-refractivity contribution in [2.75, 3.05) is 18.5 Å². The van der Waals surface area contributed by atoms with E-state index >= 15 is 0 Å². The van der Waals surface area contributed by atoms with Crippen molar-refractivity contribution in [2.24, 2.45) is 0 Å². The van der Waals surface area contributed by atoms with Crippen LogP contribution in [0.25, 0.3) is 0 Å². The third-order valence-corrected chi connectivity index (χ3v) is 2.36. The second-order valence-electron chi connectivity index (χ2n) is 3.77. The largest absolute Gasteiger partial charge is 0.481 e. The van der Waals surface area contributed by atoms with E-state index in [9.17, 15) is 4.79 Å². The Hall–Kier alpha value is -1.59. The Kier molecular flexibility index (Phi) is 2.57. The van der Waals surface area contributed by atoms with Crippen molar-refractivity contribution >= 4 is 12.0 Å². The maximum absolute atomic E-state index is 10.4. The Labute approximate surface area is 86.9 Å². The third-order valence-electron chi connectivity index (χ3n) is 2.36. The molecule has 0 saturated heterocycles. The van der Waals surface area contributed by atoms with E-state index in [1.54, 1.807) is 11.9 Å². The van der Waals surface area contributed by atoms with Crippen LogP contribution in [-0.4, -0.2) is 34.8 Å². The highest BCUT2D eigenvalue weighted by Crippen LogP contribution is 2.38. The number of carboxylic acids is 1. The first kappa shape index (κ1) is 9.95. The molecule has 0 spiro atoms. The predicted molar refractivity (Wildman–Crippen MR) is 51.8 cm³/mol. The zero-order chi connectivity index (χ0) is 10.8. The summed E-state index contributed by atoms with van der Waals surface area (Å²) in [6, 6.07) is 0.401. The molecule has 0 radical (unpaired) electrons. The molecule has 0 aromatic carbocycles. The number of aliphatic carboxylic acids is 1. The molecule has 1 saturated carbocycles. The highest BCUT2D eigenvalue weighted by atomic mass is 16.5. The molecule has 0 amide bonds. The Balaban J connectivity index is 1.92. The normalized spacial score (nSPS) is 15.3. The fourth-order valence-electron chi connectivity index (χ4n) is 1.25. The van der Waals surface area contributed by atoms with Gasteiger partial charge in [-0.25, -0.2) is 0 Å². The minimum Gasteiger partial charge on any atom is -0.481 e. The summed E-state index contributed by atoms with van der Waals surface area (Å²) < 4.78 is 5.03. The van der Waals surface area contributed by atoms with Gasteiger partial charge in [0, 0.05) is 19.5 Å². The maximum Gasteiger partial charge on any atom is 0.323 e. The van der Waals surface area contributed by atoms with Crippen LogP contribution in [0.3, 0.4) is 0 Å². The van der Waals surface area contributed by atoms with Gasteiger partial charge in [-0.2, -0.15) is 4.98 Å². The van der Waals surface area contributed by atoms with E-state index in [1.807, 2.05) is 0 Å². The van der Waals surface area contributed by atoms with Crippen molar-refractivity contribution < 1.29 is 14.4 Å². The van der Waals surface area contributed by atoms with Gasteiger partial charge >= 0.3 is 12.0 Å². The molecule has 1 heterocycles. The van der Waals surface area contributed by atoms with E-state index in [0.717, 1.165) is 18.7 Å². The second kappa shape index (κ2) is 3.88. The Morgan fingerprint density at radius 2 is 2.40 bits per heavy atom. The molecular formula is C9H13N3O3. The van der Waals surface area contributed by atoms with Gasteiger partial charge in [-0.1, -0.05) is 5.16 Å². The van der Waals surface area contributed by atoms with Crippen LogP contribution in [-0.2, 0) is 4.79 Å². The van der Waals surface area contributed by atoms with Crippen molar-refractivity contribution in [3.05, 3.63) is 5.82 Å². The van der Waals surface area contributed by atoms with E-state index in [-0.39, 0.29) is 6.42 Å². The minimum absolute atomic E-state index is 0.0671. The molecule has 0 bridgehead atoms. The smallest absolute Gasteiger partial charge is 0.323 e. The topological polar surface area (TPSA) is 79.5 Å². The summed E-state index contributed by atoms with van der Waals surface area (Å²) in [5, 5.41) is 12.4. The number of carboxylic acid groups (broad SMARTS) is 1. The average molecular weight is 211 g/mol. The molecule has 2 rings (SSSR count). The first-order valence-electron chi connectivity index (χ1n) is 4.93. The lowest BCUT2D eigenvalue weighted by Gasteiger charge is -2.10. The van der Waals surface area contributed by atoms with Crippen molar-refractivity contribution in [1.29, 1.82) is 0 Å². The summed E-state index contributed by atoms with van der Waals surface area (Å²) in [5.74, 6) is 0.367. The third kappa shape index (κ3) is 2.45. The zero-order valence-electron chi connectivity index (χ0n) is 8.51. The van der Waals surface area contributed by atoms with Crippen LogP contribution in [0, 0.1) is 0 Å². The van der Waals surface area contributed by atoms with Gasteiger partial charge in [0.15, 0.2) is 5.82 Å². The molecule has 1 aromatic heterocycles. The SMILES string of the molecule is CN(CCC(=O)O)c1nc(C2CC2)no1. The summed E-state index contributed by atoms with van der Waals surface area (Å²) in [6.45, 7) is 0.377. The fourth-order valence-corrected chi connectivity index (χ4v) is 1.25. The summed E-state index contributed by atoms with van der Waals surface area (Å²) in [4.78, 5) is 16.2. The van der Waals surface area contributed by atoms with Gasteiger partial charge in [0.1, 0.15) is 0 Å². The van der Waals surface area contributed by atoms with Crippen molar-refractivity contribution in [3.8, 4) is 0 Å². The van der Waals surface area contributed by atoms with Crippen LogP contribution >= 0.6 is 0 Å². The monoisotopic (exact) mass is 211 g/mol. The Morgan fingerprint density at radius 1 is 1.67 bits per heavy atom. The lowest BCUT2D eigenvalue weighted by Crippen LogP contribution is -2.21. The fraction of sp³-hybridized carbons (Fsp3) is 0.667. The lowest BCUT2D eigenvalue weighted by atomic mass is 10.4. The van der Waals surface area contributed by atoms with Crippen LogP contribution in [0.4, 0.5) is 6.01 Å².